The molecule has 0 bridgehead atoms. The molecular weight excluding hydrogens is 314 g/mol. The number of rotatable bonds is 5. The number of carbonyl (C=O) groups is 1. The zero-order valence-electron chi connectivity index (χ0n) is 13.3. The number of terminal acetylenes is 1. The molecule has 5 nitrogen and oxygen atoms in total. The molecule has 1 N–H and O–H groups in total. The van der Waals surface area contributed by atoms with Gasteiger partial charge in [0.1, 0.15) is 12.4 Å². The lowest BCUT2D eigenvalue weighted by molar-refractivity contribution is 0.0954. The molecule has 1 heterocycles. The fourth-order valence-electron chi connectivity index (χ4n) is 2.37. The number of pyridine rings is 1. The number of fused-ring (bicyclic) bond motifs is 1. The van der Waals surface area contributed by atoms with Crippen LogP contribution in [-0.2, 0) is 0 Å². The number of nitrogens with one attached hydrogen (secondary N) is 1. The van der Waals surface area contributed by atoms with Gasteiger partial charge in [0, 0.05) is 18.0 Å². The van der Waals surface area contributed by atoms with Gasteiger partial charge in [0.25, 0.3) is 5.91 Å². The van der Waals surface area contributed by atoms with Crippen molar-refractivity contribution in [3.63, 3.8) is 0 Å². The molecule has 2 aromatic carbocycles. The second-order valence-electron chi connectivity index (χ2n) is 5.13. The molecule has 0 atom stereocenters. The van der Waals surface area contributed by atoms with Gasteiger partial charge in [-0.1, -0.05) is 36.3 Å². The third-order valence-electron chi connectivity index (χ3n) is 3.53. The molecule has 3 aromatic rings. The minimum atomic E-state index is -0.337. The van der Waals surface area contributed by atoms with Crippen LogP contribution in [0.1, 0.15) is 15.9 Å². The minimum Gasteiger partial charge on any atom is -0.480 e. The third kappa shape index (κ3) is 3.82. The lowest BCUT2D eigenvalue weighted by Crippen LogP contribution is -2.17. The average molecular weight is 329 g/mol. The highest BCUT2D eigenvalue weighted by Gasteiger charge is 2.08. The highest BCUT2D eigenvalue weighted by molar-refractivity contribution is 6.03. The Hall–Kier alpha value is -3.65. The van der Waals surface area contributed by atoms with Crippen molar-refractivity contribution >= 4 is 22.9 Å². The summed E-state index contributed by atoms with van der Waals surface area (Å²) in [4.78, 5) is 15.9. The minimum absolute atomic E-state index is 0.154. The Bertz CT molecular complexity index is 960. The molecule has 0 fully saturated rings. The lowest BCUT2D eigenvalue weighted by Gasteiger charge is -2.09. The van der Waals surface area contributed by atoms with Gasteiger partial charge < -0.3 is 4.74 Å². The van der Waals surface area contributed by atoms with Crippen molar-refractivity contribution in [1.82, 2.24) is 10.4 Å². The molecular formula is C20H15N3O2. The van der Waals surface area contributed by atoms with Gasteiger partial charge in [-0.2, -0.15) is 5.10 Å². The topological polar surface area (TPSA) is 63.6 Å². The van der Waals surface area contributed by atoms with E-state index in [4.69, 9.17) is 11.2 Å². The zero-order chi connectivity index (χ0) is 17.5. The van der Waals surface area contributed by atoms with Gasteiger partial charge in [0.15, 0.2) is 0 Å². The molecule has 0 aliphatic carbocycles. The van der Waals surface area contributed by atoms with Crippen LogP contribution in [0.15, 0.2) is 66.0 Å². The number of amides is 1. The van der Waals surface area contributed by atoms with Crippen molar-refractivity contribution < 1.29 is 9.53 Å². The summed E-state index contributed by atoms with van der Waals surface area (Å²) >= 11 is 0. The number of hydrogen-bond acceptors (Lipinski definition) is 4. The Morgan fingerprint density at radius 3 is 2.92 bits per heavy atom. The van der Waals surface area contributed by atoms with Crippen molar-refractivity contribution in [1.29, 1.82) is 0 Å². The summed E-state index contributed by atoms with van der Waals surface area (Å²) in [5.74, 6) is 2.71. The van der Waals surface area contributed by atoms with E-state index in [9.17, 15) is 4.79 Å². The summed E-state index contributed by atoms with van der Waals surface area (Å²) in [7, 11) is 0. The summed E-state index contributed by atoms with van der Waals surface area (Å²) in [6, 6.07) is 15.0. The van der Waals surface area contributed by atoms with E-state index in [1.54, 1.807) is 24.5 Å². The van der Waals surface area contributed by atoms with Crippen LogP contribution in [0.5, 0.6) is 5.75 Å². The number of hydrogen-bond donors (Lipinski definition) is 1. The second-order valence-corrected chi connectivity index (χ2v) is 5.13. The zero-order valence-corrected chi connectivity index (χ0v) is 13.3. The smallest absolute Gasteiger partial charge is 0.272 e. The van der Waals surface area contributed by atoms with Crippen molar-refractivity contribution in [3.05, 3.63) is 72.1 Å². The van der Waals surface area contributed by atoms with Crippen LogP contribution in [0.4, 0.5) is 0 Å². The number of carbonyl (C=O) groups excluding carboxylic acids is 1. The van der Waals surface area contributed by atoms with Crippen molar-refractivity contribution in [2.45, 2.75) is 0 Å². The van der Waals surface area contributed by atoms with Gasteiger partial charge in [-0.15, -0.1) is 6.42 Å². The fraction of sp³-hybridized carbons (Fsp3) is 0.0500. The van der Waals surface area contributed by atoms with Crippen LogP contribution in [-0.4, -0.2) is 23.7 Å². The first kappa shape index (κ1) is 16.2. The van der Waals surface area contributed by atoms with Crippen molar-refractivity contribution in [3.8, 4) is 18.1 Å². The summed E-state index contributed by atoms with van der Waals surface area (Å²) in [5, 5.41) is 6.05. The number of nitrogens with zero attached hydrogens (tertiary/aromatic N) is 2. The average Bonchev–Trinajstić information content (AvgIpc) is 2.67. The standard InChI is InChI=1S/C20H15N3O2/c1-2-12-25-19-10-9-15-6-3-4-8-17(15)18(19)14-22-23-20(24)16-7-5-11-21-13-16/h1,3-11,13-14H,12H2,(H,23,24)/b22-14+. The molecule has 1 aromatic heterocycles. The first-order valence-electron chi connectivity index (χ1n) is 7.61. The van der Waals surface area contributed by atoms with Gasteiger partial charge in [-0.05, 0) is 29.0 Å². The molecule has 3 rings (SSSR count). The monoisotopic (exact) mass is 329 g/mol. The quantitative estimate of drug-likeness (QED) is 0.445. The Morgan fingerprint density at radius 1 is 1.24 bits per heavy atom. The van der Waals surface area contributed by atoms with Crippen LogP contribution in [0.3, 0.4) is 0 Å². The van der Waals surface area contributed by atoms with E-state index >= 15 is 0 Å². The first-order valence-corrected chi connectivity index (χ1v) is 7.61. The van der Waals surface area contributed by atoms with Crippen molar-refractivity contribution in [2.24, 2.45) is 5.10 Å². The fourth-order valence-corrected chi connectivity index (χ4v) is 2.37. The van der Waals surface area contributed by atoms with Gasteiger partial charge >= 0.3 is 0 Å². The van der Waals surface area contributed by atoms with Crippen molar-refractivity contribution in [2.75, 3.05) is 6.61 Å². The molecule has 0 unspecified atom stereocenters. The van der Waals surface area contributed by atoms with Gasteiger partial charge in [0.05, 0.1) is 11.8 Å². The van der Waals surface area contributed by atoms with Gasteiger partial charge in [-0.25, -0.2) is 5.43 Å². The maximum atomic E-state index is 12.0. The summed E-state index contributed by atoms with van der Waals surface area (Å²) in [6.45, 7) is 0.154. The molecule has 122 valence electrons. The molecule has 0 saturated carbocycles. The highest BCUT2D eigenvalue weighted by Crippen LogP contribution is 2.26. The maximum Gasteiger partial charge on any atom is 0.272 e. The van der Waals surface area contributed by atoms with E-state index in [1.807, 2.05) is 36.4 Å². The van der Waals surface area contributed by atoms with Gasteiger partial charge in [0.2, 0.25) is 0 Å². The maximum absolute atomic E-state index is 12.0. The van der Waals surface area contributed by atoms with E-state index in [2.05, 4.69) is 21.4 Å². The summed E-state index contributed by atoms with van der Waals surface area (Å²) < 4.78 is 5.59. The summed E-state index contributed by atoms with van der Waals surface area (Å²) in [5.41, 5.74) is 3.67. The number of ether oxygens (including phenoxy) is 1. The Morgan fingerprint density at radius 2 is 2.12 bits per heavy atom. The van der Waals surface area contributed by atoms with E-state index in [0.29, 0.717) is 11.3 Å². The van der Waals surface area contributed by atoms with E-state index < -0.39 is 0 Å². The molecule has 25 heavy (non-hydrogen) atoms. The lowest BCUT2D eigenvalue weighted by atomic mass is 10.0. The van der Waals surface area contributed by atoms with Crippen LogP contribution >= 0.6 is 0 Å². The predicted molar refractivity (Wildman–Crippen MR) is 97.6 cm³/mol. The molecule has 0 aliphatic rings. The largest absolute Gasteiger partial charge is 0.480 e. The van der Waals surface area contributed by atoms with E-state index in [0.717, 1.165) is 16.3 Å². The summed E-state index contributed by atoms with van der Waals surface area (Å²) in [6.07, 6.45) is 9.91. The molecule has 0 radical (unpaired) electrons. The van der Waals surface area contributed by atoms with Crippen LogP contribution in [0.25, 0.3) is 10.8 Å². The normalized spacial score (nSPS) is 10.5. The molecule has 0 saturated heterocycles. The second kappa shape index (κ2) is 7.75. The predicted octanol–water partition coefficient (Wildman–Crippen LogP) is 3.01. The molecule has 1 amide bonds. The number of aromatic nitrogens is 1. The Labute approximate surface area is 145 Å². The van der Waals surface area contributed by atoms with E-state index in [1.165, 1.54) is 6.20 Å². The van der Waals surface area contributed by atoms with Crippen LogP contribution in [0.2, 0.25) is 0 Å². The first-order chi connectivity index (χ1) is 12.3. The number of hydrazone groups is 1. The molecule has 0 spiro atoms. The van der Waals surface area contributed by atoms with Gasteiger partial charge in [-0.3, -0.25) is 9.78 Å². The van der Waals surface area contributed by atoms with E-state index in [-0.39, 0.29) is 12.5 Å². The SMILES string of the molecule is C#CCOc1ccc2ccccc2c1/C=N/NC(=O)c1cccnc1. The van der Waals surface area contributed by atoms with Crippen LogP contribution < -0.4 is 10.2 Å². The number of benzene rings is 2. The highest BCUT2D eigenvalue weighted by atomic mass is 16.5. The Kier molecular flexibility index (Phi) is 5.03. The molecule has 0 aliphatic heterocycles. The van der Waals surface area contributed by atoms with Crippen LogP contribution in [0, 0.1) is 12.3 Å². The third-order valence-corrected chi connectivity index (χ3v) is 3.53. The Balaban J connectivity index is 1.88. The molecule has 5 heteroatoms.